The van der Waals surface area contributed by atoms with E-state index in [4.69, 9.17) is 0 Å². The minimum atomic E-state index is -2.94. The number of pyridine rings is 1. The van der Waals surface area contributed by atoms with Gasteiger partial charge in [-0.15, -0.1) is 0 Å². The van der Waals surface area contributed by atoms with Crippen LogP contribution in [-0.4, -0.2) is 73.7 Å². The number of nitrogens with one attached hydrogen (secondary N) is 1. The first kappa shape index (κ1) is 22.6. The molecule has 1 aromatic heterocycles. The molecule has 1 aromatic carbocycles. The van der Waals surface area contributed by atoms with E-state index in [0.717, 1.165) is 43.4 Å². The van der Waals surface area contributed by atoms with Crippen LogP contribution in [0.4, 0.5) is 14.5 Å². The quantitative estimate of drug-likeness (QED) is 0.720. The Kier molecular flexibility index (Phi) is 6.69. The third kappa shape index (κ3) is 4.90. The highest BCUT2D eigenvalue weighted by atomic mass is 19.3. The summed E-state index contributed by atoms with van der Waals surface area (Å²) in [5.74, 6) is -3.96. The number of rotatable bonds is 5. The number of benzene rings is 1. The molecule has 0 aliphatic carbocycles. The van der Waals surface area contributed by atoms with Gasteiger partial charge in [-0.05, 0) is 43.7 Å². The fourth-order valence-corrected chi connectivity index (χ4v) is 4.87. The zero-order chi connectivity index (χ0) is 22.7. The average molecular weight is 444 g/mol. The summed E-state index contributed by atoms with van der Waals surface area (Å²) in [5.41, 5.74) is 2.23. The fraction of sp³-hybridized carbons (Fsp3) is 0.542. The van der Waals surface area contributed by atoms with E-state index >= 15 is 0 Å². The van der Waals surface area contributed by atoms with Crippen LogP contribution in [0.3, 0.4) is 0 Å². The molecular formula is C24H31F2N5O. The molecule has 6 nitrogen and oxygen atoms in total. The van der Waals surface area contributed by atoms with Gasteiger partial charge in [-0.25, -0.2) is 8.78 Å². The number of nitrogens with zero attached hydrogens (tertiary/aromatic N) is 4. The molecule has 1 atom stereocenters. The van der Waals surface area contributed by atoms with Gasteiger partial charge in [0.15, 0.2) is 0 Å². The molecule has 2 saturated heterocycles. The third-order valence-electron chi connectivity index (χ3n) is 6.55. The van der Waals surface area contributed by atoms with Crippen LogP contribution < -0.4 is 10.2 Å². The van der Waals surface area contributed by atoms with E-state index < -0.39 is 24.8 Å². The standard InChI is InChI=1S/C24H31F2N5O/c1-3-30-11-8-19(9-12-30)29-23(32)18-13-24(25,26)16-31(15-18)21-7-6-17(14-27-2)22-20(21)5-4-10-28-22/h4-7,10,14,18-19H,3,8-9,11-13,15-16H2,1-2H3,(H,29,32). The average Bonchev–Trinajstić information content (AvgIpc) is 2.79. The monoisotopic (exact) mass is 443 g/mol. The largest absolute Gasteiger partial charge is 0.364 e. The van der Waals surface area contributed by atoms with Gasteiger partial charge in [0.1, 0.15) is 0 Å². The minimum absolute atomic E-state index is 0.0620. The minimum Gasteiger partial charge on any atom is -0.364 e. The van der Waals surface area contributed by atoms with Crippen molar-refractivity contribution in [3.8, 4) is 0 Å². The van der Waals surface area contributed by atoms with Gasteiger partial charge < -0.3 is 15.1 Å². The van der Waals surface area contributed by atoms with Gasteiger partial charge in [0.05, 0.1) is 18.0 Å². The van der Waals surface area contributed by atoms with E-state index in [1.54, 1.807) is 30.4 Å². The number of aliphatic imine (C=N–C) groups is 1. The van der Waals surface area contributed by atoms with Crippen LogP contribution in [-0.2, 0) is 4.79 Å². The molecule has 0 saturated carbocycles. The number of carbonyl (C=O) groups is 1. The molecule has 1 amide bonds. The van der Waals surface area contributed by atoms with E-state index in [0.29, 0.717) is 11.2 Å². The number of hydrogen-bond donors (Lipinski definition) is 1. The summed E-state index contributed by atoms with van der Waals surface area (Å²) in [6.07, 6.45) is 4.71. The highest BCUT2D eigenvalue weighted by Gasteiger charge is 2.43. The zero-order valence-corrected chi connectivity index (χ0v) is 18.7. The molecule has 1 N–H and O–H groups in total. The van der Waals surface area contributed by atoms with Crippen molar-refractivity contribution in [1.82, 2.24) is 15.2 Å². The molecule has 2 aliphatic rings. The maximum absolute atomic E-state index is 14.8. The van der Waals surface area contributed by atoms with Gasteiger partial charge in [0.25, 0.3) is 5.92 Å². The van der Waals surface area contributed by atoms with Gasteiger partial charge in [0.2, 0.25) is 5.91 Å². The second kappa shape index (κ2) is 9.48. The predicted molar refractivity (Wildman–Crippen MR) is 124 cm³/mol. The number of halogens is 2. The third-order valence-corrected chi connectivity index (χ3v) is 6.55. The van der Waals surface area contributed by atoms with Crippen molar-refractivity contribution in [3.63, 3.8) is 0 Å². The van der Waals surface area contributed by atoms with Crippen LogP contribution in [0.5, 0.6) is 0 Å². The summed E-state index contributed by atoms with van der Waals surface area (Å²) in [4.78, 5) is 25.5. The summed E-state index contributed by atoms with van der Waals surface area (Å²) >= 11 is 0. The Morgan fingerprint density at radius 1 is 1.31 bits per heavy atom. The number of likely N-dealkylation sites (tertiary alicyclic amines) is 1. The van der Waals surface area contributed by atoms with E-state index in [1.165, 1.54) is 0 Å². The molecule has 0 bridgehead atoms. The highest BCUT2D eigenvalue weighted by Crippen LogP contribution is 2.36. The van der Waals surface area contributed by atoms with Crippen molar-refractivity contribution in [2.45, 2.75) is 38.2 Å². The van der Waals surface area contributed by atoms with Crippen LogP contribution in [0.2, 0.25) is 0 Å². The lowest BCUT2D eigenvalue weighted by Gasteiger charge is -2.39. The van der Waals surface area contributed by atoms with Crippen molar-refractivity contribution in [3.05, 3.63) is 36.0 Å². The van der Waals surface area contributed by atoms with Gasteiger partial charge in [-0.1, -0.05) is 6.92 Å². The number of amides is 1. The Morgan fingerprint density at radius 2 is 2.09 bits per heavy atom. The normalized spacial score (nSPS) is 22.5. The number of anilines is 1. The van der Waals surface area contributed by atoms with Crippen LogP contribution in [0.1, 0.15) is 31.7 Å². The number of piperidine rings is 2. The van der Waals surface area contributed by atoms with E-state index in [-0.39, 0.29) is 18.5 Å². The second-order valence-electron chi connectivity index (χ2n) is 8.82. The Labute approximate surface area is 187 Å². The smallest absolute Gasteiger partial charge is 0.266 e. The molecule has 172 valence electrons. The molecule has 0 radical (unpaired) electrons. The van der Waals surface area contributed by atoms with Crippen molar-refractivity contribution in [2.75, 3.05) is 44.7 Å². The lowest BCUT2D eigenvalue weighted by atomic mass is 9.92. The van der Waals surface area contributed by atoms with Crippen LogP contribution >= 0.6 is 0 Å². The Bertz CT molecular complexity index is 988. The van der Waals surface area contributed by atoms with E-state index in [1.807, 2.05) is 18.2 Å². The summed E-state index contributed by atoms with van der Waals surface area (Å²) in [6, 6.07) is 7.42. The molecule has 8 heteroatoms. The van der Waals surface area contributed by atoms with Crippen molar-refractivity contribution in [2.24, 2.45) is 10.9 Å². The number of aromatic nitrogens is 1. The maximum Gasteiger partial charge on any atom is 0.266 e. The van der Waals surface area contributed by atoms with E-state index in [2.05, 4.69) is 27.1 Å². The van der Waals surface area contributed by atoms with Crippen molar-refractivity contribution >= 4 is 28.7 Å². The van der Waals surface area contributed by atoms with Gasteiger partial charge in [0, 0.05) is 68.2 Å². The molecule has 1 unspecified atom stereocenters. The SMILES string of the molecule is CCN1CCC(NC(=O)C2CN(c3ccc(C=NC)c4ncccc34)CC(F)(F)C2)CC1. The van der Waals surface area contributed by atoms with Crippen molar-refractivity contribution in [1.29, 1.82) is 0 Å². The number of fused-ring (bicyclic) bond motifs is 1. The number of hydrogen-bond acceptors (Lipinski definition) is 5. The summed E-state index contributed by atoms with van der Waals surface area (Å²) in [6.45, 7) is 4.84. The molecule has 32 heavy (non-hydrogen) atoms. The topological polar surface area (TPSA) is 60.8 Å². The van der Waals surface area contributed by atoms with Gasteiger partial charge in [-0.3, -0.25) is 14.8 Å². The molecule has 2 aliphatic heterocycles. The summed E-state index contributed by atoms with van der Waals surface area (Å²) in [7, 11) is 1.68. The van der Waals surface area contributed by atoms with Crippen LogP contribution in [0, 0.1) is 5.92 Å². The molecule has 2 aromatic rings. The lowest BCUT2D eigenvalue weighted by Crippen LogP contribution is -2.53. The Morgan fingerprint density at radius 3 is 2.81 bits per heavy atom. The van der Waals surface area contributed by atoms with Crippen molar-refractivity contribution < 1.29 is 13.6 Å². The highest BCUT2D eigenvalue weighted by molar-refractivity contribution is 6.03. The van der Waals surface area contributed by atoms with Gasteiger partial charge in [-0.2, -0.15) is 0 Å². The zero-order valence-electron chi connectivity index (χ0n) is 18.7. The Hall–Kier alpha value is -2.61. The molecular weight excluding hydrogens is 412 g/mol. The second-order valence-corrected chi connectivity index (χ2v) is 8.82. The molecule has 3 heterocycles. The maximum atomic E-state index is 14.8. The van der Waals surface area contributed by atoms with Crippen LogP contribution in [0.25, 0.3) is 10.9 Å². The first-order valence-corrected chi connectivity index (χ1v) is 11.4. The fourth-order valence-electron chi connectivity index (χ4n) is 4.87. The van der Waals surface area contributed by atoms with E-state index in [9.17, 15) is 13.6 Å². The number of alkyl halides is 2. The van der Waals surface area contributed by atoms with Gasteiger partial charge >= 0.3 is 0 Å². The Balaban J connectivity index is 1.54. The molecule has 0 spiro atoms. The van der Waals surface area contributed by atoms with Crippen LogP contribution in [0.15, 0.2) is 35.5 Å². The predicted octanol–water partition coefficient (Wildman–Crippen LogP) is 3.35. The first-order valence-electron chi connectivity index (χ1n) is 11.4. The summed E-state index contributed by atoms with van der Waals surface area (Å²) in [5, 5.41) is 3.84. The lowest BCUT2D eigenvalue weighted by molar-refractivity contribution is -0.130. The molecule has 4 rings (SSSR count). The summed E-state index contributed by atoms with van der Waals surface area (Å²) < 4.78 is 29.5. The molecule has 2 fully saturated rings. The number of carbonyl (C=O) groups excluding carboxylic acids is 1. The first-order chi connectivity index (χ1) is 15.4.